The average Bonchev–Trinajstić information content (AvgIpc) is 2.74. The van der Waals surface area contributed by atoms with Crippen molar-refractivity contribution in [2.45, 2.75) is 25.3 Å². The van der Waals surface area contributed by atoms with Crippen molar-refractivity contribution < 1.29 is 31.1 Å². The highest BCUT2D eigenvalue weighted by atomic mass is 19.4. The molecular formula is C20H18F6N6O. The van der Waals surface area contributed by atoms with E-state index in [2.05, 4.69) is 25.6 Å². The van der Waals surface area contributed by atoms with Gasteiger partial charge < -0.3 is 16.4 Å². The minimum Gasteiger partial charge on any atom is -0.366 e. The number of amides is 1. The molecular weight excluding hydrogens is 454 g/mol. The molecule has 0 unspecified atom stereocenters. The molecule has 7 nitrogen and oxygen atoms in total. The van der Waals surface area contributed by atoms with E-state index in [4.69, 9.17) is 5.73 Å². The molecule has 0 bridgehead atoms. The molecule has 176 valence electrons. The number of carbonyl (C=O) groups excluding carboxylic acids is 1. The molecule has 0 aliphatic heterocycles. The number of halogens is 6. The summed E-state index contributed by atoms with van der Waals surface area (Å²) in [6, 6.07) is 2.26. The second-order valence-electron chi connectivity index (χ2n) is 6.95. The summed E-state index contributed by atoms with van der Waals surface area (Å²) in [5.41, 5.74) is 2.01. The van der Waals surface area contributed by atoms with Crippen LogP contribution in [0.4, 0.5) is 32.2 Å². The number of nitrogens with zero attached hydrogens (tertiary/aromatic N) is 3. The zero-order chi connectivity index (χ0) is 24.4. The highest BCUT2D eigenvalue weighted by Gasteiger charge is 2.43. The third kappa shape index (κ3) is 5.30. The average molecular weight is 472 g/mol. The lowest BCUT2D eigenvalue weighted by molar-refractivity contribution is -0.162. The second-order valence-corrected chi connectivity index (χ2v) is 6.95. The van der Waals surface area contributed by atoms with Gasteiger partial charge >= 0.3 is 12.4 Å². The monoisotopic (exact) mass is 472 g/mol. The topological polar surface area (TPSA) is 106 Å². The minimum absolute atomic E-state index is 0.0557. The number of nitrogens with one attached hydrogen (secondary N) is 2. The first kappa shape index (κ1) is 24.2. The molecule has 3 rings (SSSR count). The number of likely N-dealkylation sites (N-methyl/N-ethyl adjacent to an activating group) is 1. The van der Waals surface area contributed by atoms with Gasteiger partial charge in [-0.3, -0.25) is 9.78 Å². The predicted molar refractivity (Wildman–Crippen MR) is 107 cm³/mol. The van der Waals surface area contributed by atoms with E-state index in [1.807, 2.05) is 0 Å². The summed E-state index contributed by atoms with van der Waals surface area (Å²) in [6.07, 6.45) is -8.00. The van der Waals surface area contributed by atoms with E-state index in [-0.39, 0.29) is 34.5 Å². The summed E-state index contributed by atoms with van der Waals surface area (Å²) >= 11 is 0. The highest BCUT2D eigenvalue weighted by Crippen LogP contribution is 2.41. The molecule has 13 heteroatoms. The number of rotatable bonds is 7. The maximum atomic E-state index is 13.4. The van der Waals surface area contributed by atoms with Crippen LogP contribution in [0.5, 0.6) is 0 Å². The van der Waals surface area contributed by atoms with Crippen LogP contribution in [0.2, 0.25) is 0 Å². The van der Waals surface area contributed by atoms with Gasteiger partial charge in [0.25, 0.3) is 5.91 Å². The summed E-state index contributed by atoms with van der Waals surface area (Å²) in [5.74, 6) is -0.701. The lowest BCUT2D eigenvalue weighted by Gasteiger charge is -2.23. The van der Waals surface area contributed by atoms with Crippen molar-refractivity contribution >= 4 is 22.8 Å². The van der Waals surface area contributed by atoms with E-state index in [1.54, 1.807) is 6.92 Å². The number of nitrogens with two attached hydrogens (primary N) is 1. The summed E-state index contributed by atoms with van der Waals surface area (Å²) in [4.78, 5) is 23.8. The second kappa shape index (κ2) is 9.17. The highest BCUT2D eigenvalue weighted by molar-refractivity contribution is 6.05. The SMILES string of the molecule is CCNC[C@@H](Nc1ncnc2c(C(N)=O)ccnc12)c1ccc(C(F)(F)F)c(C(F)(F)F)c1. The molecule has 0 spiro atoms. The zero-order valence-electron chi connectivity index (χ0n) is 17.1. The molecule has 2 heterocycles. The molecule has 4 N–H and O–H groups in total. The molecule has 0 fully saturated rings. The van der Waals surface area contributed by atoms with Gasteiger partial charge in [-0.25, -0.2) is 9.97 Å². The Labute approximate surface area is 183 Å². The van der Waals surface area contributed by atoms with E-state index in [1.165, 1.54) is 12.3 Å². The maximum Gasteiger partial charge on any atom is 0.417 e. The van der Waals surface area contributed by atoms with Crippen molar-refractivity contribution in [3.8, 4) is 0 Å². The number of carbonyl (C=O) groups is 1. The Bertz CT molecular complexity index is 1160. The number of hydrogen-bond donors (Lipinski definition) is 3. The van der Waals surface area contributed by atoms with Crippen molar-refractivity contribution in [3.05, 3.63) is 59.0 Å². The molecule has 2 aromatic heterocycles. The van der Waals surface area contributed by atoms with Crippen LogP contribution in [0.15, 0.2) is 36.8 Å². The smallest absolute Gasteiger partial charge is 0.366 e. The van der Waals surface area contributed by atoms with Gasteiger partial charge in [0, 0.05) is 12.7 Å². The van der Waals surface area contributed by atoms with Crippen molar-refractivity contribution in [1.29, 1.82) is 0 Å². The molecule has 1 amide bonds. The molecule has 1 aromatic carbocycles. The molecule has 0 saturated carbocycles. The van der Waals surface area contributed by atoms with E-state index < -0.39 is 35.4 Å². The van der Waals surface area contributed by atoms with Gasteiger partial charge in [0.1, 0.15) is 17.4 Å². The molecule has 3 aromatic rings. The van der Waals surface area contributed by atoms with Crippen molar-refractivity contribution in [2.75, 3.05) is 18.4 Å². The normalized spacial score (nSPS) is 13.2. The quantitative estimate of drug-likeness (QED) is 0.450. The summed E-state index contributed by atoms with van der Waals surface area (Å²) in [5, 5.41) is 5.84. The largest absolute Gasteiger partial charge is 0.417 e. The Morgan fingerprint density at radius 3 is 2.30 bits per heavy atom. The van der Waals surface area contributed by atoms with Crippen LogP contribution in [0.25, 0.3) is 11.0 Å². The number of alkyl halides is 6. The fourth-order valence-corrected chi connectivity index (χ4v) is 3.23. The van der Waals surface area contributed by atoms with Crippen LogP contribution in [0, 0.1) is 0 Å². The first-order chi connectivity index (χ1) is 15.4. The van der Waals surface area contributed by atoms with Gasteiger partial charge in [0.2, 0.25) is 0 Å². The Morgan fingerprint density at radius 1 is 1.00 bits per heavy atom. The van der Waals surface area contributed by atoms with Gasteiger partial charge in [-0.15, -0.1) is 0 Å². The van der Waals surface area contributed by atoms with Gasteiger partial charge in [-0.2, -0.15) is 26.3 Å². The van der Waals surface area contributed by atoms with Crippen molar-refractivity contribution in [1.82, 2.24) is 20.3 Å². The Hall–Kier alpha value is -3.48. The number of fused-ring (bicyclic) bond motifs is 1. The van der Waals surface area contributed by atoms with Crippen molar-refractivity contribution in [3.63, 3.8) is 0 Å². The van der Waals surface area contributed by atoms with E-state index in [9.17, 15) is 31.1 Å². The molecule has 0 radical (unpaired) electrons. The number of anilines is 1. The summed E-state index contributed by atoms with van der Waals surface area (Å²) in [7, 11) is 0. The third-order valence-electron chi connectivity index (χ3n) is 4.75. The first-order valence-corrected chi connectivity index (χ1v) is 9.58. The van der Waals surface area contributed by atoms with Gasteiger partial charge in [-0.1, -0.05) is 13.0 Å². The lowest BCUT2D eigenvalue weighted by atomic mass is 9.98. The third-order valence-corrected chi connectivity index (χ3v) is 4.75. The van der Waals surface area contributed by atoms with Crippen LogP contribution < -0.4 is 16.4 Å². The standard InChI is InChI=1S/C20H18F6N6O/c1-2-28-8-14(10-3-4-12(19(21,22)23)13(7-10)20(24,25)26)32-18-16-15(30-9-31-18)11(17(27)33)5-6-29-16/h3-7,9,14,28H,2,8H2,1H3,(H2,27,33)(H,30,31,32)/t14-/m1/s1. The Balaban J connectivity index is 2.10. The predicted octanol–water partition coefficient (Wildman–Crippen LogP) is 3.92. The molecule has 0 saturated heterocycles. The van der Waals surface area contributed by atoms with Crippen LogP contribution >= 0.6 is 0 Å². The Kier molecular flexibility index (Phi) is 6.72. The Morgan fingerprint density at radius 2 is 1.70 bits per heavy atom. The number of pyridine rings is 1. The lowest BCUT2D eigenvalue weighted by Crippen LogP contribution is -2.27. The van der Waals surface area contributed by atoms with E-state index in [0.717, 1.165) is 12.4 Å². The minimum atomic E-state index is -5.22. The fourth-order valence-electron chi connectivity index (χ4n) is 3.23. The van der Waals surface area contributed by atoms with Crippen LogP contribution in [0.1, 0.15) is 40.0 Å². The maximum absolute atomic E-state index is 13.4. The summed E-state index contributed by atoms with van der Waals surface area (Å²) in [6.45, 7) is 2.26. The zero-order valence-corrected chi connectivity index (χ0v) is 17.1. The van der Waals surface area contributed by atoms with Gasteiger partial charge in [0.15, 0.2) is 5.82 Å². The summed E-state index contributed by atoms with van der Waals surface area (Å²) < 4.78 is 79.7. The molecule has 1 atom stereocenters. The number of primary amides is 1. The van der Waals surface area contributed by atoms with Gasteiger partial charge in [0.05, 0.1) is 22.7 Å². The van der Waals surface area contributed by atoms with Crippen LogP contribution in [0.3, 0.4) is 0 Å². The molecule has 0 aliphatic rings. The van der Waals surface area contributed by atoms with Crippen molar-refractivity contribution in [2.24, 2.45) is 5.73 Å². The van der Waals surface area contributed by atoms with Crippen LogP contribution in [-0.2, 0) is 12.4 Å². The number of hydrogen-bond acceptors (Lipinski definition) is 6. The molecule has 33 heavy (non-hydrogen) atoms. The van der Waals surface area contributed by atoms with Gasteiger partial charge in [-0.05, 0) is 30.3 Å². The van der Waals surface area contributed by atoms with Crippen LogP contribution in [-0.4, -0.2) is 33.9 Å². The number of benzene rings is 1. The van der Waals surface area contributed by atoms with E-state index >= 15 is 0 Å². The van der Waals surface area contributed by atoms with E-state index in [0.29, 0.717) is 18.7 Å². The molecule has 0 aliphatic carbocycles. The fraction of sp³-hybridized carbons (Fsp3) is 0.300. The first-order valence-electron chi connectivity index (χ1n) is 9.58. The number of aromatic nitrogens is 3.